The molecule has 0 atom stereocenters. The molecule has 2 N–H and O–H groups in total. The molecule has 0 fully saturated rings. The lowest BCUT2D eigenvalue weighted by atomic mass is 10.2. The van der Waals surface area contributed by atoms with E-state index in [4.69, 9.17) is 4.74 Å². The van der Waals surface area contributed by atoms with E-state index in [2.05, 4.69) is 25.4 Å². The van der Waals surface area contributed by atoms with Crippen LogP contribution in [0.2, 0.25) is 0 Å². The zero-order valence-electron chi connectivity index (χ0n) is 12.8. The highest BCUT2D eigenvalue weighted by molar-refractivity contribution is 9.10. The summed E-state index contributed by atoms with van der Waals surface area (Å²) in [4.78, 5) is 0.0855. The third-order valence-corrected chi connectivity index (χ3v) is 5.86. The van der Waals surface area contributed by atoms with Gasteiger partial charge in [0.1, 0.15) is 10.6 Å². The van der Waals surface area contributed by atoms with Crippen LogP contribution in [0, 0.1) is 0 Å². The molecule has 2 rings (SSSR count). The predicted molar refractivity (Wildman–Crippen MR) is 96.4 cm³/mol. The molecule has 0 unspecified atom stereocenters. The molecule has 0 heterocycles. The molecule has 0 aliphatic carbocycles. The van der Waals surface area contributed by atoms with E-state index in [1.807, 2.05) is 0 Å². The van der Waals surface area contributed by atoms with Crippen LogP contribution in [0.1, 0.15) is 0 Å². The Morgan fingerprint density at radius 3 is 2.25 bits per heavy atom. The first-order valence-electron chi connectivity index (χ1n) is 6.55. The van der Waals surface area contributed by atoms with E-state index in [0.717, 1.165) is 6.26 Å². The van der Waals surface area contributed by atoms with Crippen molar-refractivity contribution in [2.45, 2.75) is 4.90 Å². The van der Waals surface area contributed by atoms with Gasteiger partial charge in [-0.05, 0) is 40.2 Å². The van der Waals surface area contributed by atoms with Crippen LogP contribution >= 0.6 is 15.9 Å². The van der Waals surface area contributed by atoms with Gasteiger partial charge in [0.25, 0.3) is 10.0 Å². The monoisotopic (exact) mass is 434 g/mol. The lowest BCUT2D eigenvalue weighted by molar-refractivity contribution is 0.417. The molecule has 0 saturated heterocycles. The number of rotatable bonds is 6. The minimum absolute atomic E-state index is 0.0855. The maximum atomic E-state index is 12.4. The second-order valence-electron chi connectivity index (χ2n) is 4.83. The highest BCUT2D eigenvalue weighted by Crippen LogP contribution is 2.30. The lowest BCUT2D eigenvalue weighted by Crippen LogP contribution is -2.14. The maximum absolute atomic E-state index is 12.4. The van der Waals surface area contributed by atoms with Gasteiger partial charge >= 0.3 is 0 Å². The van der Waals surface area contributed by atoms with E-state index in [1.54, 1.807) is 18.2 Å². The molecule has 0 amide bonds. The average molecular weight is 435 g/mol. The van der Waals surface area contributed by atoms with Crippen molar-refractivity contribution in [3.8, 4) is 5.75 Å². The second-order valence-corrected chi connectivity index (χ2v) is 9.08. The Morgan fingerprint density at radius 1 is 1.00 bits per heavy atom. The van der Waals surface area contributed by atoms with Gasteiger partial charge in [-0.15, -0.1) is 0 Å². The first-order chi connectivity index (χ1) is 11.1. The molecule has 0 saturated carbocycles. The number of halogens is 1. The molecule has 130 valence electrons. The molecule has 0 aromatic heterocycles. The number of hydrogen-bond donors (Lipinski definition) is 2. The smallest absolute Gasteiger partial charge is 0.263 e. The first kappa shape index (κ1) is 18.6. The molecule has 7 nitrogen and oxygen atoms in total. The summed E-state index contributed by atoms with van der Waals surface area (Å²) in [5, 5.41) is 0. The largest absolute Gasteiger partial charge is 0.494 e. The minimum Gasteiger partial charge on any atom is -0.494 e. The lowest BCUT2D eigenvalue weighted by Gasteiger charge is -2.13. The van der Waals surface area contributed by atoms with Crippen molar-refractivity contribution in [3.05, 3.63) is 46.9 Å². The topological polar surface area (TPSA) is 102 Å². The van der Waals surface area contributed by atoms with Gasteiger partial charge in [-0.25, -0.2) is 16.8 Å². The normalized spacial score (nSPS) is 11.8. The molecule has 0 aliphatic heterocycles. The quantitative estimate of drug-likeness (QED) is 0.727. The molecular weight excluding hydrogens is 420 g/mol. The van der Waals surface area contributed by atoms with Crippen molar-refractivity contribution in [1.82, 2.24) is 0 Å². The van der Waals surface area contributed by atoms with E-state index in [1.165, 1.54) is 31.4 Å². The molecule has 0 spiro atoms. The van der Waals surface area contributed by atoms with Crippen molar-refractivity contribution in [3.63, 3.8) is 0 Å². The fourth-order valence-electron chi connectivity index (χ4n) is 1.91. The molecule has 0 bridgehead atoms. The Bertz CT molecular complexity index is 959. The summed E-state index contributed by atoms with van der Waals surface area (Å²) in [5.41, 5.74) is 0.450. The molecular formula is C14H15BrN2O5S2. The van der Waals surface area contributed by atoms with E-state index in [9.17, 15) is 16.8 Å². The number of sulfonamides is 2. The predicted octanol–water partition coefficient (Wildman–Crippen LogP) is 2.63. The van der Waals surface area contributed by atoms with Gasteiger partial charge in [0.15, 0.2) is 0 Å². The maximum Gasteiger partial charge on any atom is 0.263 e. The fraction of sp³-hybridized carbons (Fsp3) is 0.143. The van der Waals surface area contributed by atoms with Gasteiger partial charge in [0.05, 0.1) is 24.7 Å². The van der Waals surface area contributed by atoms with E-state index >= 15 is 0 Å². The van der Waals surface area contributed by atoms with Gasteiger partial charge in [-0.2, -0.15) is 0 Å². The van der Waals surface area contributed by atoms with Crippen molar-refractivity contribution in [2.24, 2.45) is 0 Å². The van der Waals surface area contributed by atoms with Crippen LogP contribution in [0.25, 0.3) is 0 Å². The van der Waals surface area contributed by atoms with E-state index in [-0.39, 0.29) is 22.0 Å². The Balaban J connectivity index is 2.35. The summed E-state index contributed by atoms with van der Waals surface area (Å²) in [6, 6.07) is 10.6. The van der Waals surface area contributed by atoms with Gasteiger partial charge in [-0.3, -0.25) is 9.44 Å². The number of benzene rings is 2. The van der Waals surface area contributed by atoms with Crippen LogP contribution in [-0.4, -0.2) is 30.2 Å². The Hall–Kier alpha value is -1.78. The third kappa shape index (κ3) is 4.62. The zero-order chi connectivity index (χ0) is 18.0. The fourth-order valence-corrected chi connectivity index (χ4v) is 4.53. The summed E-state index contributed by atoms with van der Waals surface area (Å²) in [5.74, 6) is 0.188. The second kappa shape index (κ2) is 6.99. The summed E-state index contributed by atoms with van der Waals surface area (Å²) in [7, 11) is -5.93. The SMILES string of the molecule is COc1cc(NS(=O)(=O)c2ccccc2Br)ccc1NS(C)(=O)=O. The number of methoxy groups -OCH3 is 1. The van der Waals surface area contributed by atoms with Crippen LogP contribution in [0.5, 0.6) is 5.75 Å². The Morgan fingerprint density at radius 2 is 1.67 bits per heavy atom. The summed E-state index contributed by atoms with van der Waals surface area (Å²) >= 11 is 3.20. The van der Waals surface area contributed by atoms with Crippen LogP contribution in [0.15, 0.2) is 51.8 Å². The third-order valence-electron chi connectivity index (χ3n) is 2.88. The van der Waals surface area contributed by atoms with Crippen LogP contribution < -0.4 is 14.2 Å². The highest BCUT2D eigenvalue weighted by Gasteiger charge is 2.18. The molecule has 2 aromatic carbocycles. The van der Waals surface area contributed by atoms with Gasteiger partial charge < -0.3 is 4.74 Å². The molecule has 2 aromatic rings. The van der Waals surface area contributed by atoms with Crippen molar-refractivity contribution in [2.75, 3.05) is 22.8 Å². The van der Waals surface area contributed by atoms with Gasteiger partial charge in [-0.1, -0.05) is 12.1 Å². The van der Waals surface area contributed by atoms with Crippen LogP contribution in [0.3, 0.4) is 0 Å². The van der Waals surface area contributed by atoms with Gasteiger partial charge in [0.2, 0.25) is 10.0 Å². The Kier molecular flexibility index (Phi) is 5.41. The molecule has 10 heteroatoms. The zero-order valence-corrected chi connectivity index (χ0v) is 16.0. The van der Waals surface area contributed by atoms with Crippen molar-refractivity contribution >= 4 is 47.4 Å². The summed E-state index contributed by atoms with van der Waals surface area (Å²) < 4.78 is 57.8. The van der Waals surface area contributed by atoms with Crippen LogP contribution in [0.4, 0.5) is 11.4 Å². The minimum atomic E-state index is -3.81. The summed E-state index contributed by atoms with van der Waals surface area (Å²) in [6.07, 6.45) is 1.01. The van der Waals surface area contributed by atoms with Crippen molar-refractivity contribution < 1.29 is 21.6 Å². The number of anilines is 2. The van der Waals surface area contributed by atoms with Crippen molar-refractivity contribution in [1.29, 1.82) is 0 Å². The molecule has 0 radical (unpaired) electrons. The molecule has 24 heavy (non-hydrogen) atoms. The van der Waals surface area contributed by atoms with E-state index in [0.29, 0.717) is 4.47 Å². The molecule has 0 aliphatic rings. The van der Waals surface area contributed by atoms with E-state index < -0.39 is 20.0 Å². The van der Waals surface area contributed by atoms with Gasteiger partial charge in [0, 0.05) is 10.5 Å². The standard InChI is InChI=1S/C14H15BrN2O5S2/c1-22-13-9-10(7-8-12(13)17-23(2,18)19)16-24(20,21)14-6-4-3-5-11(14)15/h3-9,16-17H,1-2H3. The number of nitrogens with one attached hydrogen (secondary N) is 2. The number of hydrogen-bond acceptors (Lipinski definition) is 5. The Labute approximate surface area is 149 Å². The average Bonchev–Trinajstić information content (AvgIpc) is 2.47. The number of ether oxygens (including phenoxy) is 1. The summed E-state index contributed by atoms with van der Waals surface area (Å²) in [6.45, 7) is 0. The van der Waals surface area contributed by atoms with Crippen LogP contribution in [-0.2, 0) is 20.0 Å². The first-order valence-corrected chi connectivity index (χ1v) is 10.7. The highest BCUT2D eigenvalue weighted by atomic mass is 79.9.